The number of halogens is 1. The van der Waals surface area contributed by atoms with Crippen LogP contribution < -0.4 is 0 Å². The summed E-state index contributed by atoms with van der Waals surface area (Å²) in [5.74, 6) is 0. The third kappa shape index (κ3) is 1.42. The van der Waals surface area contributed by atoms with E-state index in [9.17, 15) is 4.79 Å². The molecule has 1 heterocycles. The maximum Gasteiger partial charge on any atom is 0.181 e. The minimum Gasteiger partial charge on any atom is -0.443 e. The quantitative estimate of drug-likeness (QED) is 0.691. The lowest BCUT2D eigenvalue weighted by molar-refractivity contribution is -0.107. The largest absolute Gasteiger partial charge is 0.443 e. The number of hydrogen-bond acceptors (Lipinski definition) is 3. The number of aromatic nitrogens is 1. The zero-order chi connectivity index (χ0) is 9.26. The number of fused-ring (bicyclic) bond motifs is 1. The molecule has 2 rings (SSSR count). The predicted octanol–water partition coefficient (Wildman–Crippen LogP) is 2.22. The number of benzene rings is 1. The fraction of sp³-hybridized carbons (Fsp3) is 0.111. The number of carbonyl (C=O) groups is 1. The Bertz CT molecular complexity index is 450. The molecule has 13 heavy (non-hydrogen) atoms. The second kappa shape index (κ2) is 3.18. The second-order valence-electron chi connectivity index (χ2n) is 2.63. The Kier molecular flexibility index (Phi) is 2.02. The van der Waals surface area contributed by atoms with Crippen LogP contribution in [-0.4, -0.2) is 11.3 Å². The van der Waals surface area contributed by atoms with E-state index in [1.54, 1.807) is 12.1 Å². The van der Waals surface area contributed by atoms with Gasteiger partial charge in [0, 0.05) is 17.5 Å². The van der Waals surface area contributed by atoms with Crippen LogP contribution in [0.2, 0.25) is 5.02 Å². The van der Waals surface area contributed by atoms with Gasteiger partial charge in [-0.2, -0.15) is 0 Å². The summed E-state index contributed by atoms with van der Waals surface area (Å²) in [6.45, 7) is 0. The molecule has 0 radical (unpaired) electrons. The lowest BCUT2D eigenvalue weighted by Crippen LogP contribution is -1.87. The van der Waals surface area contributed by atoms with E-state index in [2.05, 4.69) is 4.98 Å². The highest BCUT2D eigenvalue weighted by Gasteiger charge is 2.05. The van der Waals surface area contributed by atoms with E-state index in [0.29, 0.717) is 17.0 Å². The van der Waals surface area contributed by atoms with Gasteiger partial charge in [-0.3, -0.25) is 0 Å². The molecule has 0 aliphatic heterocycles. The van der Waals surface area contributed by atoms with Crippen molar-refractivity contribution in [2.75, 3.05) is 0 Å². The van der Waals surface area contributed by atoms with E-state index in [0.717, 1.165) is 17.4 Å². The zero-order valence-corrected chi connectivity index (χ0v) is 7.41. The number of oxazole rings is 1. The van der Waals surface area contributed by atoms with Gasteiger partial charge in [0.1, 0.15) is 11.8 Å². The molecular formula is C9H6ClNO2. The van der Waals surface area contributed by atoms with Crippen molar-refractivity contribution in [3.05, 3.63) is 29.1 Å². The molecule has 0 atom stereocenters. The Morgan fingerprint density at radius 3 is 3.15 bits per heavy atom. The van der Waals surface area contributed by atoms with Crippen molar-refractivity contribution in [1.29, 1.82) is 0 Å². The highest BCUT2D eigenvalue weighted by atomic mass is 35.5. The van der Waals surface area contributed by atoms with Crippen molar-refractivity contribution >= 4 is 29.0 Å². The van der Waals surface area contributed by atoms with E-state index in [1.807, 2.05) is 0 Å². The average molecular weight is 196 g/mol. The molecule has 0 aliphatic carbocycles. The van der Waals surface area contributed by atoms with Gasteiger partial charge in [0.25, 0.3) is 0 Å². The zero-order valence-electron chi connectivity index (χ0n) is 6.66. The van der Waals surface area contributed by atoms with E-state index < -0.39 is 0 Å². The highest BCUT2D eigenvalue weighted by Crippen LogP contribution is 2.23. The molecule has 66 valence electrons. The van der Waals surface area contributed by atoms with Gasteiger partial charge in [0.15, 0.2) is 12.0 Å². The summed E-state index contributed by atoms with van der Waals surface area (Å²) < 4.78 is 5.05. The second-order valence-corrected chi connectivity index (χ2v) is 3.04. The number of hydrogen-bond donors (Lipinski definition) is 0. The summed E-state index contributed by atoms with van der Waals surface area (Å²) in [4.78, 5) is 14.3. The van der Waals surface area contributed by atoms with Crippen LogP contribution in [0.15, 0.2) is 22.9 Å². The Morgan fingerprint density at radius 1 is 1.54 bits per heavy atom. The lowest BCUT2D eigenvalue weighted by atomic mass is 10.1. The van der Waals surface area contributed by atoms with E-state index >= 15 is 0 Å². The maximum atomic E-state index is 10.3. The molecule has 0 N–H and O–H groups in total. The Balaban J connectivity index is 2.62. The van der Waals surface area contributed by atoms with Crippen LogP contribution >= 0.6 is 11.6 Å². The fourth-order valence-corrected chi connectivity index (χ4v) is 1.40. The summed E-state index contributed by atoms with van der Waals surface area (Å²) in [5.41, 5.74) is 2.14. The molecule has 0 unspecified atom stereocenters. The van der Waals surface area contributed by atoms with Gasteiger partial charge in [-0.25, -0.2) is 4.98 Å². The summed E-state index contributed by atoms with van der Waals surface area (Å²) in [6, 6.07) is 3.43. The summed E-state index contributed by atoms with van der Waals surface area (Å²) in [6.07, 6.45) is 2.47. The Hall–Kier alpha value is -1.35. The van der Waals surface area contributed by atoms with Gasteiger partial charge in [-0.05, 0) is 11.6 Å². The standard InChI is InChI=1S/C9H6ClNO2/c10-7-4-9-8(11-5-13-9)3-6(7)1-2-12/h2-5H,1H2. The third-order valence-corrected chi connectivity index (χ3v) is 2.15. The molecule has 3 nitrogen and oxygen atoms in total. The van der Waals surface area contributed by atoms with Gasteiger partial charge in [-0.15, -0.1) is 0 Å². The highest BCUT2D eigenvalue weighted by molar-refractivity contribution is 6.32. The molecular weight excluding hydrogens is 190 g/mol. The molecule has 0 bridgehead atoms. The molecule has 0 saturated heterocycles. The van der Waals surface area contributed by atoms with Crippen LogP contribution in [0.5, 0.6) is 0 Å². The van der Waals surface area contributed by atoms with Crippen LogP contribution in [0.3, 0.4) is 0 Å². The predicted molar refractivity (Wildman–Crippen MR) is 48.8 cm³/mol. The normalized spacial score (nSPS) is 10.5. The number of carbonyl (C=O) groups excluding carboxylic acids is 1. The van der Waals surface area contributed by atoms with Crippen LogP contribution in [0.25, 0.3) is 11.1 Å². The van der Waals surface area contributed by atoms with Gasteiger partial charge in [0.05, 0.1) is 0 Å². The molecule has 4 heteroatoms. The fourth-order valence-electron chi connectivity index (χ4n) is 1.17. The van der Waals surface area contributed by atoms with Crippen molar-refractivity contribution in [1.82, 2.24) is 4.98 Å². The van der Waals surface area contributed by atoms with Gasteiger partial charge < -0.3 is 9.21 Å². The monoisotopic (exact) mass is 195 g/mol. The van der Waals surface area contributed by atoms with Crippen LogP contribution in [0.1, 0.15) is 5.56 Å². The van der Waals surface area contributed by atoms with Crippen molar-refractivity contribution in [3.8, 4) is 0 Å². The molecule has 0 spiro atoms. The smallest absolute Gasteiger partial charge is 0.181 e. The maximum absolute atomic E-state index is 10.3. The van der Waals surface area contributed by atoms with Crippen molar-refractivity contribution < 1.29 is 9.21 Å². The first-order chi connectivity index (χ1) is 6.31. The molecule has 2 aromatic rings. The SMILES string of the molecule is O=CCc1cc2ncoc2cc1Cl. The molecule has 0 aliphatic rings. The van der Waals surface area contributed by atoms with Crippen LogP contribution in [-0.2, 0) is 11.2 Å². The first-order valence-corrected chi connectivity index (χ1v) is 4.14. The summed E-state index contributed by atoms with van der Waals surface area (Å²) in [7, 11) is 0. The van der Waals surface area contributed by atoms with E-state index in [-0.39, 0.29) is 0 Å². The first-order valence-electron chi connectivity index (χ1n) is 3.76. The van der Waals surface area contributed by atoms with E-state index in [1.165, 1.54) is 6.39 Å². The number of nitrogens with zero attached hydrogens (tertiary/aromatic N) is 1. The van der Waals surface area contributed by atoms with Crippen molar-refractivity contribution in [2.24, 2.45) is 0 Å². The van der Waals surface area contributed by atoms with Crippen molar-refractivity contribution in [3.63, 3.8) is 0 Å². The molecule has 1 aromatic carbocycles. The topological polar surface area (TPSA) is 43.1 Å². The molecule has 0 fully saturated rings. The first kappa shape index (κ1) is 8.26. The van der Waals surface area contributed by atoms with Gasteiger partial charge in [0.2, 0.25) is 0 Å². The minimum absolute atomic E-state index is 0.307. The summed E-state index contributed by atoms with van der Waals surface area (Å²) in [5, 5.41) is 0.538. The van der Waals surface area contributed by atoms with Crippen molar-refractivity contribution in [2.45, 2.75) is 6.42 Å². The molecule has 0 amide bonds. The lowest BCUT2D eigenvalue weighted by Gasteiger charge is -1.97. The van der Waals surface area contributed by atoms with E-state index in [4.69, 9.17) is 16.0 Å². The summed E-state index contributed by atoms with van der Waals surface area (Å²) >= 11 is 5.89. The Labute approximate surface area is 79.3 Å². The Morgan fingerprint density at radius 2 is 2.38 bits per heavy atom. The number of rotatable bonds is 2. The number of aldehydes is 1. The van der Waals surface area contributed by atoms with Gasteiger partial charge >= 0.3 is 0 Å². The minimum atomic E-state index is 0.307. The molecule has 0 saturated carbocycles. The van der Waals surface area contributed by atoms with Crippen LogP contribution in [0, 0.1) is 0 Å². The third-order valence-electron chi connectivity index (χ3n) is 1.80. The van der Waals surface area contributed by atoms with Crippen LogP contribution in [0.4, 0.5) is 0 Å². The van der Waals surface area contributed by atoms with Gasteiger partial charge in [-0.1, -0.05) is 11.6 Å². The molecule has 1 aromatic heterocycles. The average Bonchev–Trinajstić information content (AvgIpc) is 2.52.